The number of benzene rings is 2. The van der Waals surface area contributed by atoms with E-state index in [1.807, 2.05) is 42.5 Å². The van der Waals surface area contributed by atoms with Gasteiger partial charge in [0, 0.05) is 29.1 Å². The molecule has 25 heavy (non-hydrogen) atoms. The summed E-state index contributed by atoms with van der Waals surface area (Å²) in [7, 11) is 0. The molecule has 4 nitrogen and oxygen atoms in total. The molecule has 0 saturated heterocycles. The lowest BCUT2D eigenvalue weighted by atomic mass is 10.2. The first-order chi connectivity index (χ1) is 12.2. The molecule has 0 radical (unpaired) electrons. The number of carbonyl (C=O) groups excluding carboxylic acids is 1. The molecule has 0 aliphatic rings. The number of nitrogens with one attached hydrogen (secondary N) is 1. The fraction of sp³-hybridized carbons (Fsp3) is 0. The van der Waals surface area contributed by atoms with E-state index in [1.54, 1.807) is 17.4 Å². The zero-order valence-corrected chi connectivity index (χ0v) is 13.8. The Morgan fingerprint density at radius 2 is 1.92 bits per heavy atom. The standard InChI is InChI=1S/C19H12FN3OS/c20-17-11-12(8-9-21-17)18(24)22-14-5-3-4-13(10-14)19-23-15-6-1-2-7-16(15)25-19/h1-11H,(H,22,24). The number of nitrogens with zero attached hydrogens (tertiary/aromatic N) is 2. The Morgan fingerprint density at radius 3 is 2.76 bits per heavy atom. The highest BCUT2D eigenvalue weighted by Crippen LogP contribution is 2.31. The summed E-state index contributed by atoms with van der Waals surface area (Å²) in [5, 5.41) is 3.65. The maximum atomic E-state index is 13.2. The van der Waals surface area contributed by atoms with Gasteiger partial charge >= 0.3 is 0 Å². The van der Waals surface area contributed by atoms with Crippen molar-refractivity contribution in [3.05, 3.63) is 78.4 Å². The summed E-state index contributed by atoms with van der Waals surface area (Å²) in [6.07, 6.45) is 1.27. The highest BCUT2D eigenvalue weighted by atomic mass is 32.1. The lowest BCUT2D eigenvalue weighted by molar-refractivity contribution is 0.102. The second kappa shape index (κ2) is 6.41. The number of anilines is 1. The van der Waals surface area contributed by atoms with Gasteiger partial charge in [0.1, 0.15) is 5.01 Å². The molecule has 0 aliphatic carbocycles. The molecule has 4 aromatic rings. The van der Waals surface area contributed by atoms with Crippen molar-refractivity contribution in [1.29, 1.82) is 0 Å². The lowest BCUT2D eigenvalue weighted by Crippen LogP contribution is -2.12. The molecule has 0 atom stereocenters. The summed E-state index contributed by atoms with van der Waals surface area (Å²) in [5.41, 5.74) is 2.71. The molecule has 122 valence electrons. The number of para-hydroxylation sites is 1. The van der Waals surface area contributed by atoms with Gasteiger partial charge in [0.2, 0.25) is 5.95 Å². The summed E-state index contributed by atoms with van der Waals surface area (Å²) in [5.74, 6) is -1.07. The van der Waals surface area contributed by atoms with Crippen LogP contribution in [-0.4, -0.2) is 15.9 Å². The molecule has 2 aromatic heterocycles. The largest absolute Gasteiger partial charge is 0.322 e. The first-order valence-electron chi connectivity index (χ1n) is 7.58. The van der Waals surface area contributed by atoms with Gasteiger partial charge in [-0.1, -0.05) is 24.3 Å². The molecule has 1 N–H and O–H groups in total. The number of rotatable bonds is 3. The minimum Gasteiger partial charge on any atom is -0.322 e. The predicted octanol–water partition coefficient (Wildman–Crippen LogP) is 4.75. The van der Waals surface area contributed by atoms with E-state index in [-0.39, 0.29) is 11.5 Å². The van der Waals surface area contributed by atoms with Crippen LogP contribution in [0.5, 0.6) is 0 Å². The van der Waals surface area contributed by atoms with Crippen LogP contribution in [0.4, 0.5) is 10.1 Å². The highest BCUT2D eigenvalue weighted by molar-refractivity contribution is 7.21. The summed E-state index contributed by atoms with van der Waals surface area (Å²) in [6.45, 7) is 0. The van der Waals surface area contributed by atoms with Gasteiger partial charge in [0.15, 0.2) is 0 Å². The van der Waals surface area contributed by atoms with Gasteiger partial charge in [-0.2, -0.15) is 4.39 Å². The van der Waals surface area contributed by atoms with Crippen molar-refractivity contribution in [2.24, 2.45) is 0 Å². The predicted molar refractivity (Wildman–Crippen MR) is 97.2 cm³/mol. The van der Waals surface area contributed by atoms with Gasteiger partial charge in [0.05, 0.1) is 10.2 Å². The average Bonchev–Trinajstić information content (AvgIpc) is 3.06. The highest BCUT2D eigenvalue weighted by Gasteiger charge is 2.10. The van der Waals surface area contributed by atoms with E-state index in [2.05, 4.69) is 15.3 Å². The van der Waals surface area contributed by atoms with Crippen LogP contribution in [-0.2, 0) is 0 Å². The van der Waals surface area contributed by atoms with Crippen LogP contribution < -0.4 is 5.32 Å². The number of fused-ring (bicyclic) bond motifs is 1. The molecule has 0 spiro atoms. The van der Waals surface area contributed by atoms with Crippen molar-refractivity contribution < 1.29 is 9.18 Å². The molecule has 4 rings (SSSR count). The van der Waals surface area contributed by atoms with Crippen LogP contribution in [0, 0.1) is 5.95 Å². The van der Waals surface area contributed by atoms with Crippen LogP contribution in [0.25, 0.3) is 20.8 Å². The van der Waals surface area contributed by atoms with Crippen LogP contribution in [0.3, 0.4) is 0 Å². The van der Waals surface area contributed by atoms with Gasteiger partial charge < -0.3 is 5.32 Å². The normalized spacial score (nSPS) is 10.8. The SMILES string of the molecule is O=C(Nc1cccc(-c2nc3ccccc3s2)c1)c1ccnc(F)c1. The summed E-state index contributed by atoms with van der Waals surface area (Å²) >= 11 is 1.59. The maximum absolute atomic E-state index is 13.2. The van der Waals surface area contributed by atoms with Crippen molar-refractivity contribution in [3.8, 4) is 10.6 Å². The zero-order chi connectivity index (χ0) is 17.2. The first-order valence-corrected chi connectivity index (χ1v) is 8.39. The molecule has 1 amide bonds. The molecule has 0 aliphatic heterocycles. The van der Waals surface area contributed by atoms with E-state index in [0.29, 0.717) is 5.69 Å². The van der Waals surface area contributed by atoms with E-state index in [1.165, 1.54) is 12.3 Å². The topological polar surface area (TPSA) is 54.9 Å². The minimum absolute atomic E-state index is 0.220. The molecular weight excluding hydrogens is 337 g/mol. The Morgan fingerprint density at radius 1 is 1.04 bits per heavy atom. The van der Waals surface area contributed by atoms with Gasteiger partial charge in [-0.3, -0.25) is 4.79 Å². The van der Waals surface area contributed by atoms with Gasteiger partial charge in [0.25, 0.3) is 5.91 Å². The maximum Gasteiger partial charge on any atom is 0.255 e. The van der Waals surface area contributed by atoms with E-state index in [9.17, 15) is 9.18 Å². The number of hydrogen-bond donors (Lipinski definition) is 1. The fourth-order valence-corrected chi connectivity index (χ4v) is 3.43. The number of halogens is 1. The van der Waals surface area contributed by atoms with E-state index in [4.69, 9.17) is 0 Å². The number of carbonyl (C=O) groups is 1. The van der Waals surface area contributed by atoms with Crippen molar-refractivity contribution in [3.63, 3.8) is 0 Å². The molecule has 0 bridgehead atoms. The summed E-state index contributed by atoms with van der Waals surface area (Å²) in [6, 6.07) is 17.9. The second-order valence-corrected chi connectivity index (χ2v) is 6.42. The molecule has 0 fully saturated rings. The smallest absolute Gasteiger partial charge is 0.255 e. The Balaban J connectivity index is 1.62. The fourth-order valence-electron chi connectivity index (χ4n) is 2.47. The number of aromatic nitrogens is 2. The van der Waals surface area contributed by atoms with Crippen LogP contribution in [0.2, 0.25) is 0 Å². The quantitative estimate of drug-likeness (QED) is 0.543. The third kappa shape index (κ3) is 3.25. The Hall–Kier alpha value is -3.12. The van der Waals surface area contributed by atoms with Crippen LogP contribution in [0.1, 0.15) is 10.4 Å². The van der Waals surface area contributed by atoms with Crippen molar-refractivity contribution in [2.75, 3.05) is 5.32 Å². The number of amides is 1. The van der Waals surface area contributed by atoms with Crippen molar-refractivity contribution in [2.45, 2.75) is 0 Å². The Labute approximate surface area is 147 Å². The lowest BCUT2D eigenvalue weighted by Gasteiger charge is -2.06. The van der Waals surface area contributed by atoms with Gasteiger partial charge in [-0.15, -0.1) is 11.3 Å². The third-order valence-electron chi connectivity index (χ3n) is 3.65. The molecular formula is C19H12FN3OS. The zero-order valence-electron chi connectivity index (χ0n) is 12.9. The van der Waals surface area contributed by atoms with Crippen molar-refractivity contribution in [1.82, 2.24) is 9.97 Å². The number of hydrogen-bond acceptors (Lipinski definition) is 4. The van der Waals surface area contributed by atoms with Gasteiger partial charge in [-0.25, -0.2) is 9.97 Å². The molecule has 0 unspecified atom stereocenters. The first kappa shape index (κ1) is 15.4. The molecule has 2 heterocycles. The Bertz CT molecular complexity index is 1040. The number of thiazole rings is 1. The Kier molecular flexibility index (Phi) is 3.95. The van der Waals surface area contributed by atoms with E-state index in [0.717, 1.165) is 26.9 Å². The molecule has 2 aromatic carbocycles. The van der Waals surface area contributed by atoms with E-state index < -0.39 is 5.95 Å². The van der Waals surface area contributed by atoms with E-state index >= 15 is 0 Å². The second-order valence-electron chi connectivity index (χ2n) is 5.39. The number of pyridine rings is 1. The van der Waals surface area contributed by atoms with Gasteiger partial charge in [-0.05, 0) is 30.3 Å². The summed E-state index contributed by atoms with van der Waals surface area (Å²) < 4.78 is 14.3. The van der Waals surface area contributed by atoms with Crippen LogP contribution >= 0.6 is 11.3 Å². The van der Waals surface area contributed by atoms with Crippen LogP contribution in [0.15, 0.2) is 66.9 Å². The van der Waals surface area contributed by atoms with Crippen molar-refractivity contribution >= 4 is 33.1 Å². The third-order valence-corrected chi connectivity index (χ3v) is 4.74. The minimum atomic E-state index is -0.684. The monoisotopic (exact) mass is 349 g/mol. The molecule has 0 saturated carbocycles. The average molecular weight is 349 g/mol. The summed E-state index contributed by atoms with van der Waals surface area (Å²) in [4.78, 5) is 20.3. The molecule has 6 heteroatoms.